The number of ether oxygens (including phenoxy) is 1. The molecule has 0 radical (unpaired) electrons. The van der Waals surface area contributed by atoms with Gasteiger partial charge in [0.2, 0.25) is 5.91 Å². The Morgan fingerprint density at radius 1 is 1.15 bits per heavy atom. The molecule has 0 unspecified atom stereocenters. The number of halogens is 1. The van der Waals surface area contributed by atoms with Gasteiger partial charge in [-0.1, -0.05) is 50.2 Å². The molecule has 0 fully saturated rings. The molecule has 0 aromatic heterocycles. The van der Waals surface area contributed by atoms with Gasteiger partial charge in [0.05, 0.1) is 6.42 Å². The van der Waals surface area contributed by atoms with Gasteiger partial charge in [0.15, 0.2) is 0 Å². The summed E-state index contributed by atoms with van der Waals surface area (Å²) in [6.45, 7) is 7.92. The van der Waals surface area contributed by atoms with Gasteiger partial charge in [0.1, 0.15) is 12.4 Å². The smallest absolute Gasteiger partial charge is 0.226 e. The quantitative estimate of drug-likeness (QED) is 0.741. The summed E-state index contributed by atoms with van der Waals surface area (Å²) in [6.07, 6.45) is 0.360. The van der Waals surface area contributed by atoms with Crippen LogP contribution < -0.4 is 10.5 Å². The van der Waals surface area contributed by atoms with Gasteiger partial charge in [-0.05, 0) is 47.7 Å². The fraction of sp³-hybridized carbons (Fsp3) is 0.409. The molecule has 0 bridgehead atoms. The van der Waals surface area contributed by atoms with E-state index >= 15 is 0 Å². The van der Waals surface area contributed by atoms with Crippen LogP contribution in [0.15, 0.2) is 48.5 Å². The van der Waals surface area contributed by atoms with Crippen molar-refractivity contribution in [2.75, 3.05) is 20.1 Å². The highest BCUT2D eigenvalue weighted by atomic mass is 35.5. The van der Waals surface area contributed by atoms with Gasteiger partial charge in [-0.25, -0.2) is 0 Å². The number of nitrogens with zero attached hydrogens (tertiary/aromatic N) is 1. The first-order chi connectivity index (χ1) is 12.3. The zero-order valence-corrected chi connectivity index (χ0v) is 17.5. The number of nitrogens with two attached hydrogens (primary N) is 1. The van der Waals surface area contributed by atoms with Crippen LogP contribution >= 0.6 is 12.4 Å². The molecule has 0 aliphatic carbocycles. The molecule has 0 aliphatic heterocycles. The number of carbonyl (C=O) groups is 1. The van der Waals surface area contributed by atoms with Gasteiger partial charge in [-0.2, -0.15) is 0 Å². The normalized spacial score (nSPS) is 10.9. The van der Waals surface area contributed by atoms with Gasteiger partial charge < -0.3 is 15.4 Å². The lowest BCUT2D eigenvalue weighted by atomic mass is 9.93. The number of benzene rings is 2. The standard InChI is InChI=1S/C22H30N2O2.ClH/c1-17-8-5-6-10-19(17)14-26-20-11-7-9-18(12-20)13-21(25)24(4)16-22(2,3)15-23;/h5-12H,13-16,23H2,1-4H3;1H. The number of aryl methyl sites for hydroxylation is 1. The number of hydrogen-bond donors (Lipinski definition) is 1. The fourth-order valence-electron chi connectivity index (χ4n) is 2.78. The number of rotatable bonds is 8. The molecule has 0 saturated carbocycles. The highest BCUT2D eigenvalue weighted by Gasteiger charge is 2.21. The zero-order valence-electron chi connectivity index (χ0n) is 16.7. The lowest BCUT2D eigenvalue weighted by molar-refractivity contribution is -0.130. The van der Waals surface area contributed by atoms with Crippen LogP contribution in [0.1, 0.15) is 30.5 Å². The molecule has 0 aliphatic rings. The van der Waals surface area contributed by atoms with Gasteiger partial charge in [-0.15, -0.1) is 12.4 Å². The van der Waals surface area contributed by atoms with Crippen molar-refractivity contribution in [2.45, 2.75) is 33.8 Å². The largest absolute Gasteiger partial charge is 0.489 e. The van der Waals surface area contributed by atoms with Crippen molar-refractivity contribution >= 4 is 18.3 Å². The molecule has 0 heterocycles. The Morgan fingerprint density at radius 3 is 2.52 bits per heavy atom. The number of carbonyl (C=O) groups excluding carboxylic acids is 1. The summed E-state index contributed by atoms with van der Waals surface area (Å²) < 4.78 is 5.91. The predicted octanol–water partition coefficient (Wildman–Crippen LogP) is 3.98. The first-order valence-electron chi connectivity index (χ1n) is 9.01. The summed E-state index contributed by atoms with van der Waals surface area (Å²) in [5.41, 5.74) is 9.01. The van der Waals surface area contributed by atoms with Crippen molar-refractivity contribution in [3.8, 4) is 5.75 Å². The third-order valence-corrected chi connectivity index (χ3v) is 4.55. The lowest BCUT2D eigenvalue weighted by Gasteiger charge is -2.29. The predicted molar refractivity (Wildman–Crippen MR) is 113 cm³/mol. The molecule has 2 aromatic rings. The van der Waals surface area contributed by atoms with Gasteiger partial charge >= 0.3 is 0 Å². The van der Waals surface area contributed by atoms with E-state index in [0.29, 0.717) is 26.1 Å². The Kier molecular flexibility index (Phi) is 8.80. The van der Waals surface area contributed by atoms with E-state index < -0.39 is 0 Å². The maximum atomic E-state index is 12.5. The third kappa shape index (κ3) is 7.24. The Balaban J connectivity index is 0.00000364. The highest BCUT2D eigenvalue weighted by molar-refractivity contribution is 5.85. The minimum atomic E-state index is -0.0804. The minimum Gasteiger partial charge on any atom is -0.489 e. The molecule has 0 spiro atoms. The molecule has 2 rings (SSSR count). The van der Waals surface area contributed by atoms with Gasteiger partial charge in [-0.3, -0.25) is 4.79 Å². The Labute approximate surface area is 169 Å². The minimum absolute atomic E-state index is 0. The van der Waals surface area contributed by atoms with Gasteiger partial charge in [0.25, 0.3) is 0 Å². The van der Waals surface area contributed by atoms with E-state index in [9.17, 15) is 4.79 Å². The van der Waals surface area contributed by atoms with Crippen LogP contribution in [0.3, 0.4) is 0 Å². The second-order valence-electron chi connectivity index (χ2n) is 7.66. The first kappa shape index (κ1) is 23.0. The van der Waals surface area contributed by atoms with Gasteiger partial charge in [0, 0.05) is 13.6 Å². The number of hydrogen-bond acceptors (Lipinski definition) is 3. The second-order valence-corrected chi connectivity index (χ2v) is 7.66. The van der Waals surface area contributed by atoms with E-state index in [1.165, 1.54) is 5.56 Å². The van der Waals surface area contributed by atoms with E-state index in [0.717, 1.165) is 16.9 Å². The lowest BCUT2D eigenvalue weighted by Crippen LogP contribution is -2.40. The van der Waals surface area contributed by atoms with E-state index in [-0.39, 0.29) is 23.7 Å². The summed E-state index contributed by atoms with van der Waals surface area (Å²) in [6, 6.07) is 15.9. The molecular formula is C22H31ClN2O2. The summed E-state index contributed by atoms with van der Waals surface area (Å²) in [4.78, 5) is 14.2. The van der Waals surface area contributed by atoms with E-state index in [1.807, 2.05) is 43.4 Å². The average molecular weight is 391 g/mol. The van der Waals surface area contributed by atoms with Crippen LogP contribution in [0.2, 0.25) is 0 Å². The van der Waals surface area contributed by atoms with Crippen LogP contribution in [0.25, 0.3) is 0 Å². The van der Waals surface area contributed by atoms with Crippen molar-refractivity contribution in [2.24, 2.45) is 11.1 Å². The molecule has 27 heavy (non-hydrogen) atoms. The molecule has 148 valence electrons. The van der Waals surface area contributed by atoms with Crippen LogP contribution in [0, 0.1) is 12.3 Å². The topological polar surface area (TPSA) is 55.6 Å². The van der Waals surface area contributed by atoms with E-state index in [2.05, 4.69) is 32.9 Å². The summed E-state index contributed by atoms with van der Waals surface area (Å²) in [7, 11) is 1.83. The Bertz CT molecular complexity index is 747. The van der Waals surface area contributed by atoms with Crippen LogP contribution in [0.5, 0.6) is 5.75 Å². The molecule has 2 aromatic carbocycles. The molecule has 0 saturated heterocycles. The summed E-state index contributed by atoms with van der Waals surface area (Å²) >= 11 is 0. The average Bonchev–Trinajstić information content (AvgIpc) is 2.61. The van der Waals surface area contributed by atoms with Crippen LogP contribution in [-0.4, -0.2) is 30.9 Å². The molecule has 4 nitrogen and oxygen atoms in total. The molecule has 2 N–H and O–H groups in total. The van der Waals surface area contributed by atoms with E-state index in [4.69, 9.17) is 10.5 Å². The van der Waals surface area contributed by atoms with Crippen molar-refractivity contribution in [3.05, 3.63) is 65.2 Å². The van der Waals surface area contributed by atoms with E-state index in [1.54, 1.807) is 4.90 Å². The maximum absolute atomic E-state index is 12.5. The van der Waals surface area contributed by atoms with Crippen molar-refractivity contribution in [1.29, 1.82) is 0 Å². The summed E-state index contributed by atoms with van der Waals surface area (Å²) in [5, 5.41) is 0. The molecule has 0 atom stereocenters. The number of likely N-dealkylation sites (N-methyl/N-ethyl adjacent to an activating group) is 1. The molecule has 1 amide bonds. The molecule has 5 heteroatoms. The second kappa shape index (κ2) is 10.3. The third-order valence-electron chi connectivity index (χ3n) is 4.55. The first-order valence-corrected chi connectivity index (χ1v) is 9.01. The van der Waals surface area contributed by atoms with Crippen LogP contribution in [0.4, 0.5) is 0 Å². The Hall–Kier alpha value is -2.04. The zero-order chi connectivity index (χ0) is 19.2. The van der Waals surface area contributed by atoms with Crippen molar-refractivity contribution in [1.82, 2.24) is 4.90 Å². The highest BCUT2D eigenvalue weighted by Crippen LogP contribution is 2.18. The number of amides is 1. The molecular weight excluding hydrogens is 360 g/mol. The fourth-order valence-corrected chi connectivity index (χ4v) is 2.78. The van der Waals surface area contributed by atoms with Crippen molar-refractivity contribution in [3.63, 3.8) is 0 Å². The SMILES string of the molecule is Cc1ccccc1COc1cccc(CC(=O)N(C)CC(C)(C)CN)c1.Cl. The monoisotopic (exact) mass is 390 g/mol. The van der Waals surface area contributed by atoms with Crippen LogP contribution in [-0.2, 0) is 17.8 Å². The summed E-state index contributed by atoms with van der Waals surface area (Å²) in [5.74, 6) is 0.867. The van der Waals surface area contributed by atoms with Crippen molar-refractivity contribution < 1.29 is 9.53 Å². The maximum Gasteiger partial charge on any atom is 0.226 e. The Morgan fingerprint density at radius 2 is 1.85 bits per heavy atom.